The zero-order valence-electron chi connectivity index (χ0n) is 11.9. The first kappa shape index (κ1) is 14.6. The van der Waals surface area contributed by atoms with E-state index in [1.165, 1.54) is 37.9 Å². The minimum absolute atomic E-state index is 0.432. The summed E-state index contributed by atoms with van der Waals surface area (Å²) in [6.07, 6.45) is 6.27. The van der Waals surface area contributed by atoms with Crippen molar-refractivity contribution in [2.75, 3.05) is 20.6 Å². The van der Waals surface area contributed by atoms with Crippen molar-refractivity contribution in [2.24, 2.45) is 16.8 Å². The molecule has 1 saturated heterocycles. The summed E-state index contributed by atoms with van der Waals surface area (Å²) < 4.78 is 0. The van der Waals surface area contributed by atoms with Gasteiger partial charge in [-0.2, -0.15) is 0 Å². The largest absolute Gasteiger partial charge is 0.363 e. The fourth-order valence-electron chi connectivity index (χ4n) is 3.26. The van der Waals surface area contributed by atoms with E-state index in [0.717, 1.165) is 12.5 Å². The van der Waals surface area contributed by atoms with Crippen LogP contribution in [-0.4, -0.2) is 39.2 Å². The van der Waals surface area contributed by atoms with E-state index in [4.69, 9.17) is 7.85 Å². The molecule has 0 aromatic carbocycles. The van der Waals surface area contributed by atoms with E-state index in [0.29, 0.717) is 11.7 Å². The molecule has 2 rings (SSSR count). The highest BCUT2D eigenvalue weighted by atomic mass is 15.2. The summed E-state index contributed by atoms with van der Waals surface area (Å²) >= 11 is 0. The highest BCUT2D eigenvalue weighted by Crippen LogP contribution is 2.39. The third-order valence-corrected chi connectivity index (χ3v) is 4.05. The molecule has 1 aliphatic carbocycles. The van der Waals surface area contributed by atoms with Gasteiger partial charge >= 0.3 is 0 Å². The molecule has 0 spiro atoms. The van der Waals surface area contributed by atoms with E-state index in [9.17, 15) is 0 Å². The van der Waals surface area contributed by atoms with Crippen LogP contribution < -0.4 is 0 Å². The number of hydrogen-bond acceptors (Lipinski definition) is 1. The molecule has 96 valence electrons. The van der Waals surface area contributed by atoms with Crippen LogP contribution in [0, 0.1) is 11.8 Å². The van der Waals surface area contributed by atoms with Crippen molar-refractivity contribution in [1.82, 2.24) is 4.90 Å². The van der Waals surface area contributed by atoms with E-state index in [2.05, 4.69) is 16.9 Å². The van der Waals surface area contributed by atoms with Crippen molar-refractivity contribution >= 4 is 13.7 Å². The van der Waals surface area contributed by atoms with Crippen molar-refractivity contribution in [2.45, 2.75) is 51.8 Å². The second-order valence-electron chi connectivity index (χ2n) is 5.09. The molecule has 3 unspecified atom stereocenters. The summed E-state index contributed by atoms with van der Waals surface area (Å²) in [7, 11) is 10.2. The Balaban J connectivity index is 0.000000686. The summed E-state index contributed by atoms with van der Waals surface area (Å²) in [5.74, 6) is 3.22. The lowest BCUT2D eigenvalue weighted by Gasteiger charge is -2.38. The summed E-state index contributed by atoms with van der Waals surface area (Å²) in [4.78, 5) is 6.81. The van der Waals surface area contributed by atoms with Crippen LogP contribution in [0.5, 0.6) is 0 Å². The number of hydrogen-bond donors (Lipinski definition) is 0. The lowest BCUT2D eigenvalue weighted by atomic mass is 9.74. The Morgan fingerprint density at radius 1 is 1.24 bits per heavy atom. The average molecular weight is 234 g/mol. The molecule has 1 heterocycles. The van der Waals surface area contributed by atoms with E-state index in [1.807, 2.05) is 20.9 Å². The Bertz CT molecular complexity index is 253. The van der Waals surface area contributed by atoms with Gasteiger partial charge in [-0.25, -0.2) is 0 Å². The predicted octanol–water partition coefficient (Wildman–Crippen LogP) is 3.14. The minimum atomic E-state index is 0.432. The maximum Gasteiger partial charge on any atom is 0.102 e. The van der Waals surface area contributed by atoms with Crippen molar-refractivity contribution in [3.63, 3.8) is 0 Å². The van der Waals surface area contributed by atoms with Gasteiger partial charge in [-0.3, -0.25) is 4.99 Å². The van der Waals surface area contributed by atoms with Gasteiger partial charge in [0.1, 0.15) is 5.84 Å². The van der Waals surface area contributed by atoms with Gasteiger partial charge in [0.05, 0.1) is 7.85 Å². The zero-order valence-corrected chi connectivity index (χ0v) is 11.9. The quantitative estimate of drug-likeness (QED) is 0.588. The van der Waals surface area contributed by atoms with Gasteiger partial charge in [-0.1, -0.05) is 38.9 Å². The highest BCUT2D eigenvalue weighted by molar-refractivity contribution is 6.11. The van der Waals surface area contributed by atoms with Crippen LogP contribution in [0.2, 0.25) is 5.82 Å². The van der Waals surface area contributed by atoms with Gasteiger partial charge in [-0.05, 0) is 18.8 Å². The van der Waals surface area contributed by atoms with Gasteiger partial charge in [0.2, 0.25) is 0 Å². The molecule has 0 aromatic rings. The smallest absolute Gasteiger partial charge is 0.102 e. The molecule has 0 N–H and O–H groups in total. The molecule has 17 heavy (non-hydrogen) atoms. The van der Waals surface area contributed by atoms with Crippen LogP contribution in [-0.2, 0) is 0 Å². The first-order chi connectivity index (χ1) is 8.22. The van der Waals surface area contributed by atoms with E-state index in [-0.39, 0.29) is 0 Å². The van der Waals surface area contributed by atoms with Crippen LogP contribution >= 0.6 is 0 Å². The lowest BCUT2D eigenvalue weighted by Crippen LogP contribution is -2.43. The average Bonchev–Trinajstić information content (AvgIpc) is 2.53. The third kappa shape index (κ3) is 3.50. The first-order valence-electron chi connectivity index (χ1n) is 7.15. The lowest BCUT2D eigenvalue weighted by molar-refractivity contribution is 0.266. The van der Waals surface area contributed by atoms with Crippen molar-refractivity contribution < 1.29 is 0 Å². The Kier molecular flexibility index (Phi) is 6.08. The molecule has 1 aliphatic heterocycles. The van der Waals surface area contributed by atoms with Gasteiger partial charge in [0, 0.05) is 26.6 Å². The number of rotatable bonds is 0. The van der Waals surface area contributed by atoms with Gasteiger partial charge in [0.15, 0.2) is 0 Å². The molecule has 3 atom stereocenters. The molecule has 3 heteroatoms. The van der Waals surface area contributed by atoms with Crippen LogP contribution in [0.25, 0.3) is 0 Å². The number of nitrogens with zero attached hydrogens (tertiary/aromatic N) is 2. The van der Waals surface area contributed by atoms with Gasteiger partial charge in [0.25, 0.3) is 0 Å². The molecule has 2 nitrogen and oxygen atoms in total. The Morgan fingerprint density at radius 2 is 1.94 bits per heavy atom. The molecule has 0 bridgehead atoms. The topological polar surface area (TPSA) is 15.6 Å². The molecule has 2 aliphatic rings. The maximum atomic E-state index is 6.11. The Morgan fingerprint density at radius 3 is 2.59 bits per heavy atom. The number of likely N-dealkylation sites (tertiary alicyclic amines) is 1. The maximum absolute atomic E-state index is 6.11. The Hall–Kier alpha value is -0.465. The second kappa shape index (κ2) is 7.08. The normalized spacial score (nSPS) is 35.6. The van der Waals surface area contributed by atoms with Gasteiger partial charge in [-0.15, -0.1) is 0 Å². The summed E-state index contributed by atoms with van der Waals surface area (Å²) in [5.41, 5.74) is 0. The monoisotopic (exact) mass is 234 g/mol. The SMILES string of the molecule is CC.[B]C1CCCC2C(=NC)N(C)CCC2C1. The van der Waals surface area contributed by atoms with Crippen LogP contribution in [0.15, 0.2) is 4.99 Å². The van der Waals surface area contributed by atoms with Gasteiger partial charge < -0.3 is 4.90 Å². The number of aliphatic imine (C=N–C) groups is 1. The molecular formula is C14H27BN2. The highest BCUT2D eigenvalue weighted by Gasteiger charge is 2.34. The van der Waals surface area contributed by atoms with Crippen molar-refractivity contribution in [1.29, 1.82) is 0 Å². The summed E-state index contributed by atoms with van der Waals surface area (Å²) in [6.45, 7) is 5.15. The standard InChI is InChI=1S/C12H21BN2.C2H6/c1-14-12-11-5-3-4-10(13)8-9(11)6-7-15(12)2;1-2/h9-11H,3-8H2,1-2H3;1-2H3. The molecule has 0 amide bonds. The molecular weight excluding hydrogens is 207 g/mol. The van der Waals surface area contributed by atoms with E-state index < -0.39 is 0 Å². The molecule has 2 fully saturated rings. The molecule has 1 saturated carbocycles. The summed E-state index contributed by atoms with van der Waals surface area (Å²) in [5, 5.41) is 0. The number of fused-ring (bicyclic) bond motifs is 1. The molecule has 0 aromatic heterocycles. The second-order valence-corrected chi connectivity index (χ2v) is 5.09. The Labute approximate surface area is 108 Å². The minimum Gasteiger partial charge on any atom is -0.363 e. The number of amidine groups is 1. The summed E-state index contributed by atoms with van der Waals surface area (Å²) in [6, 6.07) is 0. The van der Waals surface area contributed by atoms with Crippen LogP contribution in [0.1, 0.15) is 46.0 Å². The zero-order chi connectivity index (χ0) is 12.8. The van der Waals surface area contributed by atoms with Crippen LogP contribution in [0.4, 0.5) is 0 Å². The fourth-order valence-corrected chi connectivity index (χ4v) is 3.26. The van der Waals surface area contributed by atoms with Crippen LogP contribution in [0.3, 0.4) is 0 Å². The van der Waals surface area contributed by atoms with Crippen molar-refractivity contribution in [3.8, 4) is 0 Å². The fraction of sp³-hybridized carbons (Fsp3) is 0.929. The predicted molar refractivity (Wildman–Crippen MR) is 76.9 cm³/mol. The van der Waals surface area contributed by atoms with E-state index >= 15 is 0 Å². The molecule has 2 radical (unpaired) electrons. The number of piperidine rings is 1. The van der Waals surface area contributed by atoms with Crippen molar-refractivity contribution in [3.05, 3.63) is 0 Å². The first-order valence-corrected chi connectivity index (χ1v) is 7.15. The van der Waals surface area contributed by atoms with E-state index in [1.54, 1.807) is 0 Å². The third-order valence-electron chi connectivity index (χ3n) is 4.05.